The number of rotatable bonds is 16. The molecule has 0 fully saturated rings. The molecular formula is C18H32O4S. The number of hydrogen-bond donors (Lipinski definition) is 2. The van der Waals surface area contributed by atoms with Gasteiger partial charge in [-0.3, -0.25) is 9.59 Å². The van der Waals surface area contributed by atoms with E-state index in [2.05, 4.69) is 6.92 Å². The molecule has 0 aliphatic carbocycles. The largest absolute Gasteiger partial charge is 0.481 e. The molecule has 0 aromatic rings. The van der Waals surface area contributed by atoms with Gasteiger partial charge in [0.25, 0.3) is 0 Å². The van der Waals surface area contributed by atoms with Crippen LogP contribution in [0.3, 0.4) is 0 Å². The van der Waals surface area contributed by atoms with Crippen molar-refractivity contribution < 1.29 is 19.8 Å². The van der Waals surface area contributed by atoms with Crippen molar-refractivity contribution in [3.8, 4) is 0 Å². The number of hydrogen-bond acceptors (Lipinski definition) is 3. The molecule has 4 nitrogen and oxygen atoms in total. The average molecular weight is 345 g/mol. The second-order valence-electron chi connectivity index (χ2n) is 5.86. The summed E-state index contributed by atoms with van der Waals surface area (Å²) < 4.78 is 0. The molecular weight excluding hydrogens is 312 g/mol. The van der Waals surface area contributed by atoms with Crippen LogP contribution < -0.4 is 0 Å². The monoisotopic (exact) mass is 344 g/mol. The Morgan fingerprint density at radius 3 is 1.91 bits per heavy atom. The molecule has 0 radical (unpaired) electrons. The van der Waals surface area contributed by atoms with Crippen LogP contribution in [-0.2, 0) is 9.59 Å². The Bertz CT molecular complexity index is 342. The predicted molar refractivity (Wildman–Crippen MR) is 97.1 cm³/mol. The summed E-state index contributed by atoms with van der Waals surface area (Å²) in [5.74, 6) is -2.14. The van der Waals surface area contributed by atoms with Gasteiger partial charge >= 0.3 is 11.9 Å². The quantitative estimate of drug-likeness (QED) is 0.300. The van der Waals surface area contributed by atoms with E-state index in [4.69, 9.17) is 10.2 Å². The van der Waals surface area contributed by atoms with Gasteiger partial charge in [0.1, 0.15) is 5.25 Å². The Labute approximate surface area is 144 Å². The molecule has 1 atom stereocenters. The molecule has 0 heterocycles. The molecule has 0 aliphatic rings. The summed E-state index contributed by atoms with van der Waals surface area (Å²) in [7, 11) is 0. The maximum atomic E-state index is 11.0. The van der Waals surface area contributed by atoms with Gasteiger partial charge in [-0.15, -0.1) is 11.8 Å². The molecule has 5 heteroatoms. The zero-order chi connectivity index (χ0) is 17.3. The van der Waals surface area contributed by atoms with Crippen LogP contribution in [0.1, 0.15) is 77.6 Å². The van der Waals surface area contributed by atoms with Gasteiger partial charge in [-0.05, 0) is 12.8 Å². The normalized spacial score (nSPS) is 12.6. The van der Waals surface area contributed by atoms with Crippen LogP contribution in [-0.4, -0.2) is 33.2 Å². The van der Waals surface area contributed by atoms with E-state index >= 15 is 0 Å². The van der Waals surface area contributed by atoms with E-state index in [0.29, 0.717) is 0 Å². The van der Waals surface area contributed by atoms with Crippen LogP contribution in [0, 0.1) is 0 Å². The molecule has 0 spiro atoms. The molecule has 0 amide bonds. The fourth-order valence-corrected chi connectivity index (χ4v) is 3.03. The third kappa shape index (κ3) is 15.7. The van der Waals surface area contributed by atoms with Gasteiger partial charge in [0.15, 0.2) is 0 Å². The van der Waals surface area contributed by atoms with Crippen molar-refractivity contribution in [3.05, 3.63) is 12.2 Å². The highest BCUT2D eigenvalue weighted by molar-refractivity contribution is 8.01. The fraction of sp³-hybridized carbons (Fsp3) is 0.778. The summed E-state index contributed by atoms with van der Waals surface area (Å²) >= 11 is 0.935. The Kier molecular flexibility index (Phi) is 15.2. The third-order valence-corrected chi connectivity index (χ3v) is 4.80. The molecule has 134 valence electrons. The first-order valence-corrected chi connectivity index (χ1v) is 9.85. The number of aliphatic carboxylic acids is 2. The summed E-state index contributed by atoms with van der Waals surface area (Å²) in [4.78, 5) is 21.4. The zero-order valence-electron chi connectivity index (χ0n) is 14.3. The predicted octanol–water partition coefficient (Wildman–Crippen LogP) is 5.12. The first-order chi connectivity index (χ1) is 11.1. The van der Waals surface area contributed by atoms with E-state index in [1.54, 1.807) is 6.08 Å². The van der Waals surface area contributed by atoms with E-state index < -0.39 is 17.2 Å². The molecule has 0 rings (SSSR count). The third-order valence-electron chi connectivity index (χ3n) is 3.66. The highest BCUT2D eigenvalue weighted by Gasteiger charge is 2.15. The highest BCUT2D eigenvalue weighted by atomic mass is 32.2. The van der Waals surface area contributed by atoms with E-state index in [-0.39, 0.29) is 5.75 Å². The average Bonchev–Trinajstić information content (AvgIpc) is 2.50. The van der Waals surface area contributed by atoms with Crippen LogP contribution in [0.25, 0.3) is 0 Å². The molecule has 1 unspecified atom stereocenters. The molecule has 0 aromatic heterocycles. The smallest absolute Gasteiger partial charge is 0.320 e. The lowest BCUT2D eigenvalue weighted by Gasteiger charge is -2.05. The lowest BCUT2D eigenvalue weighted by molar-refractivity contribution is -0.135. The van der Waals surface area contributed by atoms with Crippen LogP contribution >= 0.6 is 11.8 Å². The van der Waals surface area contributed by atoms with E-state index in [1.807, 2.05) is 6.08 Å². The van der Waals surface area contributed by atoms with Gasteiger partial charge in [0.2, 0.25) is 0 Å². The van der Waals surface area contributed by atoms with Gasteiger partial charge in [-0.2, -0.15) is 0 Å². The number of allylic oxidation sites excluding steroid dienone is 1. The summed E-state index contributed by atoms with van der Waals surface area (Å²) in [6.07, 6.45) is 17.2. The lowest BCUT2D eigenvalue weighted by Crippen LogP contribution is -2.16. The first-order valence-electron chi connectivity index (χ1n) is 8.80. The van der Waals surface area contributed by atoms with Crippen LogP contribution in [0.4, 0.5) is 0 Å². The topological polar surface area (TPSA) is 74.6 Å². The van der Waals surface area contributed by atoms with Gasteiger partial charge in [0, 0.05) is 0 Å². The number of carbonyl (C=O) groups is 2. The standard InChI is InChI=1S/C18H32O4S/c1-2-3-4-5-6-7-8-9-10-11-12-13-14-16(18(21)22)23-15-17(19)20/h13-14,16H,2-12,15H2,1H3,(H,19,20)(H,21,22). The minimum atomic E-state index is -0.982. The molecule has 0 aliphatic heterocycles. The summed E-state index contributed by atoms with van der Waals surface area (Å²) in [5, 5.41) is 16.8. The lowest BCUT2D eigenvalue weighted by atomic mass is 10.1. The second-order valence-corrected chi connectivity index (χ2v) is 6.99. The molecule has 0 saturated heterocycles. The first kappa shape index (κ1) is 22.0. The maximum Gasteiger partial charge on any atom is 0.320 e. The van der Waals surface area contributed by atoms with E-state index in [9.17, 15) is 9.59 Å². The number of carboxylic acids is 2. The Hall–Kier alpha value is -0.970. The van der Waals surface area contributed by atoms with E-state index in [0.717, 1.165) is 24.6 Å². The van der Waals surface area contributed by atoms with Gasteiger partial charge in [0.05, 0.1) is 5.75 Å². The summed E-state index contributed by atoms with van der Waals surface area (Å²) in [6.45, 7) is 2.23. The molecule has 2 N–H and O–H groups in total. The maximum absolute atomic E-state index is 11.0. The summed E-state index contributed by atoms with van der Waals surface area (Å²) in [5.41, 5.74) is 0. The van der Waals surface area contributed by atoms with Crippen molar-refractivity contribution in [2.24, 2.45) is 0 Å². The van der Waals surface area contributed by atoms with Gasteiger partial charge < -0.3 is 10.2 Å². The van der Waals surface area contributed by atoms with Gasteiger partial charge in [-0.25, -0.2) is 0 Å². The Morgan fingerprint density at radius 1 is 0.913 bits per heavy atom. The van der Waals surface area contributed by atoms with Crippen LogP contribution in [0.5, 0.6) is 0 Å². The van der Waals surface area contributed by atoms with E-state index in [1.165, 1.54) is 57.8 Å². The number of unbranched alkanes of at least 4 members (excludes halogenated alkanes) is 10. The SMILES string of the molecule is CCCCCCCCCCCCC=CC(SCC(=O)O)C(=O)O. The summed E-state index contributed by atoms with van der Waals surface area (Å²) in [6, 6.07) is 0. The van der Waals surface area contributed by atoms with Crippen molar-refractivity contribution >= 4 is 23.7 Å². The number of thioether (sulfide) groups is 1. The minimum Gasteiger partial charge on any atom is -0.481 e. The van der Waals surface area contributed by atoms with Crippen LogP contribution in [0.15, 0.2) is 12.2 Å². The molecule has 0 bridgehead atoms. The number of carboxylic acid groups (broad SMARTS) is 2. The van der Waals surface area contributed by atoms with Crippen molar-refractivity contribution in [3.63, 3.8) is 0 Å². The Balaban J connectivity index is 3.53. The van der Waals surface area contributed by atoms with Crippen LogP contribution in [0.2, 0.25) is 0 Å². The molecule has 23 heavy (non-hydrogen) atoms. The van der Waals surface area contributed by atoms with Crippen molar-refractivity contribution in [1.82, 2.24) is 0 Å². The Morgan fingerprint density at radius 2 is 1.43 bits per heavy atom. The minimum absolute atomic E-state index is 0.181. The fourth-order valence-electron chi connectivity index (χ4n) is 2.34. The van der Waals surface area contributed by atoms with Crippen molar-refractivity contribution in [2.45, 2.75) is 82.8 Å². The van der Waals surface area contributed by atoms with Crippen molar-refractivity contribution in [1.29, 1.82) is 0 Å². The highest BCUT2D eigenvalue weighted by Crippen LogP contribution is 2.14. The van der Waals surface area contributed by atoms with Gasteiger partial charge in [-0.1, -0.05) is 76.9 Å². The molecule has 0 saturated carbocycles. The second kappa shape index (κ2) is 15.9. The molecule has 0 aromatic carbocycles. The van der Waals surface area contributed by atoms with Crippen molar-refractivity contribution in [2.75, 3.05) is 5.75 Å². The zero-order valence-corrected chi connectivity index (χ0v) is 15.2.